The monoisotopic (exact) mass is 418 g/mol. The van der Waals surface area contributed by atoms with Gasteiger partial charge in [0.05, 0.1) is 5.02 Å². The predicted octanol–water partition coefficient (Wildman–Crippen LogP) is 5.68. The standard InChI is InChI=1S/C21H17ClF2N2OS/c22-19-11-17(7-10-20(19)24)26-21(28)25-12-14-3-8-18(9-4-14)27-13-15-1-5-16(23)6-2-15/h1-11H,12-13H2,(H2,25,26,28). The van der Waals surface area contributed by atoms with Crippen LogP contribution >= 0.6 is 23.8 Å². The van der Waals surface area contributed by atoms with E-state index in [1.165, 1.54) is 24.3 Å². The van der Waals surface area contributed by atoms with Crippen LogP contribution in [0.4, 0.5) is 14.5 Å². The molecule has 0 spiro atoms. The van der Waals surface area contributed by atoms with Crippen LogP contribution in [0.1, 0.15) is 11.1 Å². The maximum Gasteiger partial charge on any atom is 0.171 e. The molecule has 0 aliphatic heterocycles. The molecular weight excluding hydrogens is 402 g/mol. The molecule has 0 bridgehead atoms. The molecule has 0 aromatic heterocycles. The molecule has 0 saturated heterocycles. The predicted molar refractivity (Wildman–Crippen MR) is 112 cm³/mol. The highest BCUT2D eigenvalue weighted by Gasteiger charge is 2.03. The van der Waals surface area contributed by atoms with Crippen LogP contribution in [0.15, 0.2) is 66.7 Å². The Labute approximate surface area is 172 Å². The van der Waals surface area contributed by atoms with Gasteiger partial charge in [-0.15, -0.1) is 0 Å². The summed E-state index contributed by atoms with van der Waals surface area (Å²) < 4.78 is 31.8. The zero-order chi connectivity index (χ0) is 19.9. The number of anilines is 1. The second kappa shape index (κ2) is 9.48. The summed E-state index contributed by atoms with van der Waals surface area (Å²) in [6, 6.07) is 18.1. The third kappa shape index (κ3) is 5.90. The molecule has 0 saturated carbocycles. The lowest BCUT2D eigenvalue weighted by atomic mass is 10.2. The molecule has 2 N–H and O–H groups in total. The quantitative estimate of drug-likeness (QED) is 0.504. The molecule has 0 unspecified atom stereocenters. The van der Waals surface area contributed by atoms with E-state index in [2.05, 4.69) is 10.6 Å². The third-order valence-electron chi connectivity index (χ3n) is 3.87. The van der Waals surface area contributed by atoms with Crippen molar-refractivity contribution >= 4 is 34.6 Å². The molecule has 3 rings (SSSR count). The highest BCUT2D eigenvalue weighted by atomic mass is 35.5. The van der Waals surface area contributed by atoms with Crippen molar-refractivity contribution in [3.63, 3.8) is 0 Å². The average molecular weight is 419 g/mol. The van der Waals surface area contributed by atoms with Gasteiger partial charge in [-0.1, -0.05) is 35.9 Å². The van der Waals surface area contributed by atoms with E-state index in [1.54, 1.807) is 18.2 Å². The van der Waals surface area contributed by atoms with Gasteiger partial charge >= 0.3 is 0 Å². The normalized spacial score (nSPS) is 10.4. The topological polar surface area (TPSA) is 33.3 Å². The average Bonchev–Trinajstić information content (AvgIpc) is 2.69. The summed E-state index contributed by atoms with van der Waals surface area (Å²) in [4.78, 5) is 0. The second-order valence-corrected chi connectivity index (χ2v) is 6.81. The van der Waals surface area contributed by atoms with E-state index in [9.17, 15) is 8.78 Å². The fourth-order valence-corrected chi connectivity index (χ4v) is 2.75. The minimum atomic E-state index is -0.479. The molecule has 0 radical (unpaired) electrons. The Bertz CT molecular complexity index is 950. The highest BCUT2D eigenvalue weighted by molar-refractivity contribution is 7.80. The summed E-state index contributed by atoms with van der Waals surface area (Å²) in [5.74, 6) is -0.0295. The molecule has 7 heteroatoms. The van der Waals surface area contributed by atoms with Crippen LogP contribution < -0.4 is 15.4 Å². The van der Waals surface area contributed by atoms with Gasteiger partial charge in [0.2, 0.25) is 0 Å². The van der Waals surface area contributed by atoms with Crippen molar-refractivity contribution in [2.75, 3.05) is 5.32 Å². The minimum absolute atomic E-state index is 0.0315. The van der Waals surface area contributed by atoms with E-state index in [1.807, 2.05) is 24.3 Å². The van der Waals surface area contributed by atoms with Crippen LogP contribution in [-0.4, -0.2) is 5.11 Å². The summed E-state index contributed by atoms with van der Waals surface area (Å²) >= 11 is 11.0. The molecule has 3 aromatic carbocycles. The Morgan fingerprint density at radius 1 is 0.929 bits per heavy atom. The van der Waals surface area contributed by atoms with Crippen molar-refractivity contribution in [3.05, 3.63) is 94.5 Å². The first-order valence-electron chi connectivity index (χ1n) is 8.46. The SMILES string of the molecule is Fc1ccc(COc2ccc(CNC(=S)Nc3ccc(F)c(Cl)c3)cc2)cc1. The fourth-order valence-electron chi connectivity index (χ4n) is 2.38. The molecule has 0 fully saturated rings. The summed E-state index contributed by atoms with van der Waals surface area (Å²) in [6.07, 6.45) is 0. The number of benzene rings is 3. The van der Waals surface area contributed by atoms with Crippen molar-refractivity contribution in [1.29, 1.82) is 0 Å². The molecule has 0 amide bonds. The summed E-state index contributed by atoms with van der Waals surface area (Å²) in [6.45, 7) is 0.880. The first kappa shape index (κ1) is 20.0. The molecule has 3 nitrogen and oxygen atoms in total. The van der Waals surface area contributed by atoms with Crippen molar-refractivity contribution in [2.24, 2.45) is 0 Å². The number of thiocarbonyl (C=S) groups is 1. The van der Waals surface area contributed by atoms with Gasteiger partial charge < -0.3 is 15.4 Å². The van der Waals surface area contributed by atoms with Gasteiger partial charge in [-0.25, -0.2) is 8.78 Å². The van der Waals surface area contributed by atoms with Gasteiger partial charge in [0, 0.05) is 12.2 Å². The Balaban J connectivity index is 1.46. The lowest BCUT2D eigenvalue weighted by Gasteiger charge is -2.12. The van der Waals surface area contributed by atoms with E-state index in [4.69, 9.17) is 28.6 Å². The van der Waals surface area contributed by atoms with Crippen LogP contribution in [0, 0.1) is 11.6 Å². The van der Waals surface area contributed by atoms with E-state index < -0.39 is 5.82 Å². The van der Waals surface area contributed by atoms with Gasteiger partial charge in [0.1, 0.15) is 24.0 Å². The zero-order valence-electron chi connectivity index (χ0n) is 14.7. The molecular formula is C21H17ClF2N2OS. The molecule has 144 valence electrons. The van der Waals surface area contributed by atoms with E-state index in [-0.39, 0.29) is 10.8 Å². The van der Waals surface area contributed by atoms with Crippen molar-refractivity contribution in [2.45, 2.75) is 13.2 Å². The molecule has 0 aliphatic rings. The van der Waals surface area contributed by atoms with Crippen molar-refractivity contribution < 1.29 is 13.5 Å². The van der Waals surface area contributed by atoms with E-state index in [0.717, 1.165) is 16.9 Å². The van der Waals surface area contributed by atoms with Gasteiger partial charge in [-0.05, 0) is 65.8 Å². The molecule has 3 aromatic rings. The molecule has 0 aliphatic carbocycles. The Kier molecular flexibility index (Phi) is 6.79. The van der Waals surface area contributed by atoms with Crippen LogP contribution in [0.2, 0.25) is 5.02 Å². The first-order chi connectivity index (χ1) is 13.5. The van der Waals surface area contributed by atoms with Crippen LogP contribution in [0.5, 0.6) is 5.75 Å². The largest absolute Gasteiger partial charge is 0.489 e. The minimum Gasteiger partial charge on any atom is -0.489 e. The number of nitrogens with one attached hydrogen (secondary N) is 2. The Morgan fingerprint density at radius 3 is 2.29 bits per heavy atom. The van der Waals surface area contributed by atoms with Gasteiger partial charge in [0.15, 0.2) is 5.11 Å². The summed E-state index contributed by atoms with van der Waals surface area (Å²) in [5.41, 5.74) is 2.51. The lowest BCUT2D eigenvalue weighted by Crippen LogP contribution is -2.27. The fraction of sp³-hybridized carbons (Fsp3) is 0.0952. The van der Waals surface area contributed by atoms with Crippen molar-refractivity contribution in [3.8, 4) is 5.75 Å². The molecule has 0 atom stereocenters. The summed E-state index contributed by atoms with van der Waals surface area (Å²) in [5, 5.41) is 6.46. The Hall–Kier alpha value is -2.70. The highest BCUT2D eigenvalue weighted by Crippen LogP contribution is 2.19. The van der Waals surface area contributed by atoms with Crippen LogP contribution in [-0.2, 0) is 13.2 Å². The van der Waals surface area contributed by atoms with Crippen molar-refractivity contribution in [1.82, 2.24) is 5.32 Å². The number of halogens is 3. The first-order valence-corrected chi connectivity index (χ1v) is 9.24. The van der Waals surface area contributed by atoms with Crippen LogP contribution in [0.3, 0.4) is 0 Å². The van der Waals surface area contributed by atoms with Gasteiger partial charge in [-0.3, -0.25) is 0 Å². The maximum absolute atomic E-state index is 13.2. The van der Waals surface area contributed by atoms with Gasteiger partial charge in [-0.2, -0.15) is 0 Å². The van der Waals surface area contributed by atoms with Crippen LogP contribution in [0.25, 0.3) is 0 Å². The zero-order valence-corrected chi connectivity index (χ0v) is 16.3. The number of ether oxygens (including phenoxy) is 1. The molecule has 28 heavy (non-hydrogen) atoms. The maximum atomic E-state index is 13.2. The smallest absolute Gasteiger partial charge is 0.171 e. The number of rotatable bonds is 6. The number of hydrogen-bond acceptors (Lipinski definition) is 2. The lowest BCUT2D eigenvalue weighted by molar-refractivity contribution is 0.306. The third-order valence-corrected chi connectivity index (χ3v) is 4.41. The van der Waals surface area contributed by atoms with E-state index in [0.29, 0.717) is 24.0 Å². The Morgan fingerprint density at radius 2 is 1.61 bits per heavy atom. The van der Waals surface area contributed by atoms with Gasteiger partial charge in [0.25, 0.3) is 0 Å². The number of hydrogen-bond donors (Lipinski definition) is 2. The summed E-state index contributed by atoms with van der Waals surface area (Å²) in [7, 11) is 0. The molecule has 0 heterocycles. The second-order valence-electron chi connectivity index (χ2n) is 6.00. The van der Waals surface area contributed by atoms with E-state index >= 15 is 0 Å².